The summed E-state index contributed by atoms with van der Waals surface area (Å²) in [5.74, 6) is -1.24. The number of anilines is 1. The summed E-state index contributed by atoms with van der Waals surface area (Å²) in [6, 6.07) is 7.62. The molecule has 10 heteroatoms. The summed E-state index contributed by atoms with van der Waals surface area (Å²) < 4.78 is 5.53. The number of thiocarbonyl (C=S) groups is 1. The molecule has 1 heterocycles. The third-order valence-corrected chi connectivity index (χ3v) is 5.65. The van der Waals surface area contributed by atoms with Gasteiger partial charge in [-0.2, -0.15) is 0 Å². The van der Waals surface area contributed by atoms with Crippen LogP contribution in [0.5, 0.6) is 11.5 Å². The molecule has 28 heavy (non-hydrogen) atoms. The van der Waals surface area contributed by atoms with Gasteiger partial charge in [0.2, 0.25) is 0 Å². The summed E-state index contributed by atoms with van der Waals surface area (Å²) in [5.41, 5.74) is 0.508. The summed E-state index contributed by atoms with van der Waals surface area (Å²) in [6.45, 7) is 0. The van der Waals surface area contributed by atoms with Crippen LogP contribution in [0.2, 0.25) is 10.0 Å². The lowest BCUT2D eigenvalue weighted by atomic mass is 10.1. The van der Waals surface area contributed by atoms with Crippen LogP contribution in [0.4, 0.5) is 5.69 Å². The van der Waals surface area contributed by atoms with E-state index in [1.54, 1.807) is 18.2 Å². The van der Waals surface area contributed by atoms with Gasteiger partial charge in [-0.25, -0.2) is 0 Å². The van der Waals surface area contributed by atoms with E-state index in [-0.39, 0.29) is 37.9 Å². The number of carbonyl (C=O) groups excluding carboxylic acids is 2. The first kappa shape index (κ1) is 20.6. The summed E-state index contributed by atoms with van der Waals surface area (Å²) in [4.78, 5) is 26.6. The molecule has 0 spiro atoms. The number of nitrogens with one attached hydrogen (secondary N) is 1. The molecular formula is C18H11BrCl2N2O4S. The fraction of sp³-hybridized carbons (Fsp3) is 0.0556. The lowest BCUT2D eigenvalue weighted by molar-refractivity contribution is -0.122. The normalized spacial score (nSPS) is 15.8. The van der Waals surface area contributed by atoms with Gasteiger partial charge in [-0.05, 0) is 48.1 Å². The fourth-order valence-corrected chi connectivity index (χ4v) is 3.63. The van der Waals surface area contributed by atoms with Crippen molar-refractivity contribution in [2.75, 3.05) is 12.0 Å². The number of ether oxygens (including phenoxy) is 1. The van der Waals surface area contributed by atoms with E-state index < -0.39 is 11.8 Å². The maximum Gasteiger partial charge on any atom is 0.270 e. The Labute approximate surface area is 183 Å². The number of aromatic hydroxyl groups is 1. The van der Waals surface area contributed by atoms with Gasteiger partial charge in [0.15, 0.2) is 16.6 Å². The SMILES string of the molecule is COc1cc(/C=C2\C(=O)NC(=S)N(c3cccc(Cl)c3Cl)C2=O)c(Br)cc1O. The number of phenols is 1. The van der Waals surface area contributed by atoms with Crippen molar-refractivity contribution < 1.29 is 19.4 Å². The first-order valence-electron chi connectivity index (χ1n) is 7.66. The lowest BCUT2D eigenvalue weighted by Gasteiger charge is -2.29. The van der Waals surface area contributed by atoms with Crippen molar-refractivity contribution >= 4 is 80.0 Å². The number of nitrogens with zero attached hydrogens (tertiary/aromatic N) is 1. The third-order valence-electron chi connectivity index (χ3n) is 3.87. The van der Waals surface area contributed by atoms with Crippen molar-refractivity contribution in [3.63, 3.8) is 0 Å². The zero-order valence-corrected chi connectivity index (χ0v) is 18.0. The highest BCUT2D eigenvalue weighted by Crippen LogP contribution is 2.36. The molecule has 1 aliphatic heterocycles. The summed E-state index contributed by atoms with van der Waals surface area (Å²) in [5, 5.41) is 12.6. The molecule has 3 rings (SSSR count). The predicted octanol–water partition coefficient (Wildman–Crippen LogP) is 4.30. The molecule has 1 aliphatic rings. The average molecular weight is 502 g/mol. The molecule has 2 amide bonds. The second-order valence-electron chi connectivity index (χ2n) is 5.58. The largest absolute Gasteiger partial charge is 0.504 e. The van der Waals surface area contributed by atoms with Gasteiger partial charge in [-0.3, -0.25) is 19.8 Å². The van der Waals surface area contributed by atoms with Crippen molar-refractivity contribution in [3.8, 4) is 11.5 Å². The maximum absolute atomic E-state index is 13.1. The van der Waals surface area contributed by atoms with Gasteiger partial charge in [-0.15, -0.1) is 0 Å². The predicted molar refractivity (Wildman–Crippen MR) is 115 cm³/mol. The number of carbonyl (C=O) groups is 2. The van der Waals surface area contributed by atoms with E-state index >= 15 is 0 Å². The number of halogens is 3. The fourth-order valence-electron chi connectivity index (χ4n) is 2.53. The molecule has 2 N–H and O–H groups in total. The van der Waals surface area contributed by atoms with Crippen LogP contribution in [0.1, 0.15) is 5.56 Å². The van der Waals surface area contributed by atoms with Crippen molar-refractivity contribution in [3.05, 3.63) is 56.0 Å². The molecule has 0 bridgehead atoms. The molecule has 6 nitrogen and oxygen atoms in total. The standard InChI is InChI=1S/C18H11BrCl2N2O4S/c1-27-14-6-8(10(19)7-13(14)24)5-9-16(25)22-18(28)23(17(9)26)12-4-2-3-11(20)15(12)21/h2-7,24H,1H3,(H,22,25,28)/b9-5+. The molecular weight excluding hydrogens is 491 g/mol. The first-order valence-corrected chi connectivity index (χ1v) is 9.62. The number of phenolic OH excluding ortho intramolecular Hbond substituents is 1. The van der Waals surface area contributed by atoms with Crippen molar-refractivity contribution in [1.82, 2.24) is 5.32 Å². The molecule has 2 aromatic carbocycles. The number of rotatable bonds is 3. The molecule has 1 fully saturated rings. The van der Waals surface area contributed by atoms with Crippen LogP contribution in [0, 0.1) is 0 Å². The number of hydrogen-bond donors (Lipinski definition) is 2. The molecule has 0 unspecified atom stereocenters. The van der Waals surface area contributed by atoms with Crippen LogP contribution in [0.25, 0.3) is 6.08 Å². The van der Waals surface area contributed by atoms with E-state index in [0.717, 1.165) is 4.90 Å². The van der Waals surface area contributed by atoms with E-state index in [1.165, 1.54) is 25.3 Å². The lowest BCUT2D eigenvalue weighted by Crippen LogP contribution is -2.54. The van der Waals surface area contributed by atoms with E-state index in [1.807, 2.05) is 0 Å². The quantitative estimate of drug-likeness (QED) is 0.372. The second kappa shape index (κ2) is 8.08. The summed E-state index contributed by atoms with van der Waals surface area (Å²) >= 11 is 20.7. The monoisotopic (exact) mass is 500 g/mol. The van der Waals surface area contributed by atoms with E-state index in [4.69, 9.17) is 40.2 Å². The molecule has 2 aromatic rings. The Morgan fingerprint density at radius 3 is 2.68 bits per heavy atom. The molecule has 144 valence electrons. The topological polar surface area (TPSA) is 78.9 Å². The van der Waals surface area contributed by atoms with Gasteiger partial charge < -0.3 is 9.84 Å². The van der Waals surface area contributed by atoms with Crippen LogP contribution in [0.3, 0.4) is 0 Å². The zero-order chi connectivity index (χ0) is 20.6. The minimum atomic E-state index is -0.670. The number of benzene rings is 2. The Morgan fingerprint density at radius 1 is 1.29 bits per heavy atom. The van der Waals surface area contributed by atoms with Crippen molar-refractivity contribution in [1.29, 1.82) is 0 Å². The average Bonchev–Trinajstić information content (AvgIpc) is 2.63. The highest BCUT2D eigenvalue weighted by atomic mass is 79.9. The Kier molecular flexibility index (Phi) is 5.95. The summed E-state index contributed by atoms with van der Waals surface area (Å²) in [6.07, 6.45) is 1.36. The van der Waals surface area contributed by atoms with Gasteiger partial charge in [0.25, 0.3) is 11.8 Å². The van der Waals surface area contributed by atoms with Crippen LogP contribution >= 0.6 is 51.3 Å². The Morgan fingerprint density at radius 2 is 2.00 bits per heavy atom. The van der Waals surface area contributed by atoms with Crippen molar-refractivity contribution in [2.24, 2.45) is 0 Å². The molecule has 1 saturated heterocycles. The Bertz CT molecular complexity index is 1060. The Balaban J connectivity index is 2.11. The number of hydrogen-bond acceptors (Lipinski definition) is 5. The van der Waals surface area contributed by atoms with E-state index in [0.29, 0.717) is 10.0 Å². The second-order valence-corrected chi connectivity index (χ2v) is 7.60. The molecule has 0 aromatic heterocycles. The van der Waals surface area contributed by atoms with Gasteiger partial charge >= 0.3 is 0 Å². The smallest absolute Gasteiger partial charge is 0.270 e. The highest BCUT2D eigenvalue weighted by Gasteiger charge is 2.35. The Hall–Kier alpha value is -2.13. The van der Waals surface area contributed by atoms with Gasteiger partial charge in [0.1, 0.15) is 5.57 Å². The van der Waals surface area contributed by atoms with Crippen molar-refractivity contribution in [2.45, 2.75) is 0 Å². The van der Waals surface area contributed by atoms with Crippen LogP contribution in [-0.4, -0.2) is 29.1 Å². The minimum Gasteiger partial charge on any atom is -0.504 e. The number of methoxy groups -OCH3 is 1. The summed E-state index contributed by atoms with van der Waals surface area (Å²) in [7, 11) is 1.39. The molecule has 0 aliphatic carbocycles. The highest BCUT2D eigenvalue weighted by molar-refractivity contribution is 9.10. The van der Waals surface area contributed by atoms with E-state index in [2.05, 4.69) is 21.2 Å². The molecule has 0 atom stereocenters. The van der Waals surface area contributed by atoms with Crippen LogP contribution in [-0.2, 0) is 9.59 Å². The molecule has 0 saturated carbocycles. The van der Waals surface area contributed by atoms with Crippen LogP contribution in [0.15, 0.2) is 40.4 Å². The molecule has 0 radical (unpaired) electrons. The zero-order valence-electron chi connectivity index (χ0n) is 14.1. The third kappa shape index (κ3) is 3.73. The first-order chi connectivity index (χ1) is 13.2. The van der Waals surface area contributed by atoms with Gasteiger partial charge in [-0.1, -0.05) is 45.2 Å². The van der Waals surface area contributed by atoms with E-state index in [9.17, 15) is 14.7 Å². The van der Waals surface area contributed by atoms with Crippen LogP contribution < -0.4 is 15.0 Å². The van der Waals surface area contributed by atoms with Gasteiger partial charge in [0, 0.05) is 4.47 Å². The number of amides is 2. The maximum atomic E-state index is 13.1. The minimum absolute atomic E-state index is 0.0931. The van der Waals surface area contributed by atoms with Gasteiger partial charge in [0.05, 0.1) is 22.8 Å².